The normalized spacial score (nSPS) is 25.1. The van der Waals surface area contributed by atoms with Gasteiger partial charge in [-0.2, -0.15) is 4.98 Å². The molecule has 0 unspecified atom stereocenters. The van der Waals surface area contributed by atoms with Gasteiger partial charge in [-0.3, -0.25) is 23.9 Å². The van der Waals surface area contributed by atoms with Gasteiger partial charge in [-0.15, -0.1) is 0 Å². The molecule has 0 radical (unpaired) electrons. The van der Waals surface area contributed by atoms with Crippen molar-refractivity contribution in [3.05, 3.63) is 70.4 Å². The van der Waals surface area contributed by atoms with Crippen molar-refractivity contribution >= 4 is 40.2 Å². The van der Waals surface area contributed by atoms with Crippen molar-refractivity contribution < 1.29 is 14.3 Å². The summed E-state index contributed by atoms with van der Waals surface area (Å²) in [6.07, 6.45) is 11.9. The molecule has 2 saturated heterocycles. The van der Waals surface area contributed by atoms with Crippen molar-refractivity contribution in [1.82, 2.24) is 34.6 Å². The molecule has 5 heterocycles. The highest BCUT2D eigenvalue weighted by molar-refractivity contribution is 5.93. The molecule has 6 aliphatic rings. The Morgan fingerprint density at radius 2 is 1.65 bits per heavy atom. The molecule has 2 aliphatic heterocycles. The topological polar surface area (TPSA) is 138 Å². The Kier molecular flexibility index (Phi) is 8.79. The van der Waals surface area contributed by atoms with Crippen molar-refractivity contribution in [1.29, 1.82) is 0 Å². The molecule has 4 aliphatic carbocycles. The fourth-order valence-corrected chi connectivity index (χ4v) is 10.5. The molecule has 4 aromatic rings. The predicted octanol–water partition coefficient (Wildman–Crippen LogP) is 4.54. The van der Waals surface area contributed by atoms with Crippen LogP contribution in [0.4, 0.5) is 17.3 Å². The molecule has 4 saturated carbocycles. The summed E-state index contributed by atoms with van der Waals surface area (Å²) in [4.78, 5) is 60.3. The number of methoxy groups -OCH3 is 1. The van der Waals surface area contributed by atoms with Crippen molar-refractivity contribution in [3.63, 3.8) is 0 Å². The third kappa shape index (κ3) is 6.56. The van der Waals surface area contributed by atoms with Crippen LogP contribution in [0.5, 0.6) is 5.75 Å². The molecule has 0 atom stereocenters. The fourth-order valence-electron chi connectivity index (χ4n) is 10.5. The van der Waals surface area contributed by atoms with Crippen molar-refractivity contribution in [2.45, 2.75) is 57.9 Å². The van der Waals surface area contributed by atoms with E-state index >= 15 is 0 Å². The average Bonchev–Trinajstić information content (AvgIpc) is 3.13. The number of nitrogens with zero attached hydrogens (tertiary/aromatic N) is 7. The number of piperazine rings is 1. The van der Waals surface area contributed by atoms with Crippen LogP contribution in [-0.2, 0) is 4.79 Å². The Hall–Kier alpha value is -5.04. The Bertz CT molecular complexity index is 2140. The summed E-state index contributed by atoms with van der Waals surface area (Å²) in [6.45, 7) is 6.41. The van der Waals surface area contributed by atoms with Gasteiger partial charge >= 0.3 is 0 Å². The summed E-state index contributed by atoms with van der Waals surface area (Å²) in [7, 11) is 3.63. The largest absolute Gasteiger partial charge is 0.494 e. The molecule has 3 aromatic heterocycles. The maximum absolute atomic E-state index is 13.6. The van der Waals surface area contributed by atoms with Crippen LogP contribution in [0.2, 0.25) is 0 Å². The number of aromatic nitrogens is 4. The van der Waals surface area contributed by atoms with Gasteiger partial charge in [0.1, 0.15) is 11.4 Å². The van der Waals surface area contributed by atoms with Gasteiger partial charge in [0.15, 0.2) is 5.65 Å². The second kappa shape index (κ2) is 13.7. The monoisotopic (exact) mass is 731 g/mol. The summed E-state index contributed by atoms with van der Waals surface area (Å²) in [5.74, 6) is 3.54. The van der Waals surface area contributed by atoms with Crippen LogP contribution >= 0.6 is 0 Å². The summed E-state index contributed by atoms with van der Waals surface area (Å²) >= 11 is 0. The Balaban J connectivity index is 0.896. The minimum absolute atomic E-state index is 0.0739. The first kappa shape index (κ1) is 34.7. The van der Waals surface area contributed by atoms with Crippen LogP contribution in [0, 0.1) is 30.1 Å². The number of hydrogen-bond donors (Lipinski definition) is 2. The molecule has 0 spiro atoms. The molecule has 282 valence electrons. The zero-order valence-corrected chi connectivity index (χ0v) is 31.4. The molecule has 1 aromatic carbocycles. The first-order chi connectivity index (χ1) is 26.1. The van der Waals surface area contributed by atoms with Crippen LogP contribution in [0.3, 0.4) is 0 Å². The van der Waals surface area contributed by atoms with Crippen LogP contribution in [0.15, 0.2) is 53.6 Å². The number of carbonyl (C=O) groups excluding carboxylic acids is 2. The summed E-state index contributed by atoms with van der Waals surface area (Å²) in [5.41, 5.74) is 3.55. The molecule has 2 amide bonds. The number of carbonyl (C=O) groups is 2. The minimum atomic E-state index is -0.283. The number of amides is 2. The Labute approximate surface area is 315 Å². The van der Waals surface area contributed by atoms with Gasteiger partial charge in [0.2, 0.25) is 11.9 Å². The molecule has 4 bridgehead atoms. The van der Waals surface area contributed by atoms with Crippen molar-refractivity contribution in [3.8, 4) is 11.4 Å². The molecular formula is C41H49N9O4. The zero-order valence-electron chi connectivity index (χ0n) is 31.4. The summed E-state index contributed by atoms with van der Waals surface area (Å²) in [5, 5.41) is 7.01. The van der Waals surface area contributed by atoms with E-state index < -0.39 is 0 Å². The lowest BCUT2D eigenvalue weighted by Crippen LogP contribution is -2.57. The number of ether oxygens (including phenoxy) is 1. The second-order valence-corrected chi connectivity index (χ2v) is 16.7. The van der Waals surface area contributed by atoms with Gasteiger partial charge in [-0.05, 0) is 105 Å². The lowest BCUT2D eigenvalue weighted by Gasteiger charge is -2.57. The number of pyridine rings is 2. The molecule has 13 nitrogen and oxygen atoms in total. The van der Waals surface area contributed by atoms with E-state index in [-0.39, 0.29) is 28.6 Å². The summed E-state index contributed by atoms with van der Waals surface area (Å²) in [6, 6.07) is 10.9. The van der Waals surface area contributed by atoms with E-state index in [2.05, 4.69) is 35.3 Å². The lowest BCUT2D eigenvalue weighted by molar-refractivity contribution is -0.139. The molecule has 6 fully saturated rings. The quantitative estimate of drug-likeness (QED) is 0.253. The molecule has 13 heteroatoms. The van der Waals surface area contributed by atoms with E-state index in [0.717, 1.165) is 74.7 Å². The third-order valence-corrected chi connectivity index (χ3v) is 12.7. The Morgan fingerprint density at radius 1 is 0.926 bits per heavy atom. The van der Waals surface area contributed by atoms with Gasteiger partial charge < -0.3 is 30.1 Å². The van der Waals surface area contributed by atoms with E-state index in [9.17, 15) is 14.4 Å². The molecular weight excluding hydrogens is 683 g/mol. The van der Waals surface area contributed by atoms with Crippen molar-refractivity contribution in [2.75, 3.05) is 63.6 Å². The number of rotatable bonds is 9. The van der Waals surface area contributed by atoms with E-state index in [4.69, 9.17) is 9.72 Å². The van der Waals surface area contributed by atoms with E-state index in [0.29, 0.717) is 40.0 Å². The smallest absolute Gasteiger partial charge is 0.270 e. The summed E-state index contributed by atoms with van der Waals surface area (Å²) < 4.78 is 7.32. The van der Waals surface area contributed by atoms with E-state index in [1.807, 2.05) is 32.2 Å². The average molecular weight is 732 g/mol. The van der Waals surface area contributed by atoms with Crippen LogP contribution < -0.4 is 25.8 Å². The predicted molar refractivity (Wildman–Crippen MR) is 207 cm³/mol. The molecule has 10 rings (SSSR count). The van der Waals surface area contributed by atoms with Gasteiger partial charge in [0.05, 0.1) is 24.5 Å². The number of aryl methyl sites for hydroxylation is 1. The highest BCUT2D eigenvalue weighted by Gasteiger charge is 2.51. The number of benzene rings is 1. The Morgan fingerprint density at radius 3 is 2.33 bits per heavy atom. The first-order valence-electron chi connectivity index (χ1n) is 19.4. The lowest BCUT2D eigenvalue weighted by atomic mass is 9.49. The number of likely N-dealkylation sites (N-methyl/N-ethyl adjacent to an activating group) is 1. The molecule has 2 N–H and O–H groups in total. The van der Waals surface area contributed by atoms with E-state index in [1.165, 1.54) is 49.3 Å². The van der Waals surface area contributed by atoms with Gasteiger partial charge in [-0.25, -0.2) is 4.98 Å². The van der Waals surface area contributed by atoms with E-state index in [1.54, 1.807) is 31.5 Å². The van der Waals surface area contributed by atoms with Crippen LogP contribution in [-0.4, -0.2) is 101 Å². The highest BCUT2D eigenvalue weighted by Crippen LogP contribution is 2.61. The fraction of sp³-hybridized carbons (Fsp3) is 0.512. The first-order valence-corrected chi connectivity index (χ1v) is 19.4. The SMILES string of the molecule is COc1cc(N2CCN(C(=O)CC34CC5CC(CC(C5)C3)C4)CC2)ccc1Nc1ncc2c(C)cc(=O)n(-c3ccnc(C(=O)NC4CN(C)C4)c3)c2n1. The van der Waals surface area contributed by atoms with Crippen LogP contribution in [0.25, 0.3) is 16.7 Å². The van der Waals surface area contributed by atoms with Gasteiger partial charge in [0, 0.05) is 81.3 Å². The number of likely N-dealkylation sites (tertiary alicyclic amines) is 1. The van der Waals surface area contributed by atoms with Crippen molar-refractivity contribution in [2.24, 2.45) is 23.2 Å². The number of anilines is 3. The molecule has 54 heavy (non-hydrogen) atoms. The third-order valence-electron chi connectivity index (χ3n) is 12.7. The van der Waals surface area contributed by atoms with Gasteiger partial charge in [-0.1, -0.05) is 0 Å². The second-order valence-electron chi connectivity index (χ2n) is 16.7. The number of nitrogens with one attached hydrogen (secondary N) is 2. The minimum Gasteiger partial charge on any atom is -0.494 e. The van der Waals surface area contributed by atoms with Crippen LogP contribution in [0.1, 0.15) is 61.0 Å². The number of fused-ring (bicyclic) bond motifs is 1. The maximum atomic E-state index is 13.6. The van der Waals surface area contributed by atoms with Gasteiger partial charge in [0.25, 0.3) is 11.5 Å². The highest BCUT2D eigenvalue weighted by atomic mass is 16.5. The maximum Gasteiger partial charge on any atom is 0.270 e. The standard InChI is InChI=1S/C41H49N9O4/c1-25-12-36(51)50(31-6-7-42-34(16-31)39(53)44-29-23-47(2)24-29)38-32(25)22-43-40(46-38)45-33-5-4-30(17-35(33)54-3)48-8-10-49(11-9-48)37(52)21-41-18-26-13-27(19-41)15-28(14-26)20-41/h4-7,12,16-17,22,26-29H,8-11,13-15,18-21,23-24H2,1-3H3,(H,44,53)(H,43,45,46). The number of hydrogen-bond acceptors (Lipinski definition) is 10. The zero-order chi connectivity index (χ0) is 37.1.